The Morgan fingerprint density at radius 1 is 1.00 bits per heavy atom. The molecule has 0 aliphatic heterocycles. The number of nitrogens with two attached hydrogens (primary N) is 1. The van der Waals surface area contributed by atoms with E-state index in [9.17, 15) is 4.79 Å². The molecule has 3 aromatic rings. The van der Waals surface area contributed by atoms with Crippen LogP contribution in [0.1, 0.15) is 5.56 Å². The van der Waals surface area contributed by atoms with Crippen LogP contribution in [0.4, 0.5) is 5.69 Å². The zero-order chi connectivity index (χ0) is 13.4. The molecule has 19 heavy (non-hydrogen) atoms. The van der Waals surface area contributed by atoms with Gasteiger partial charge >= 0.3 is 5.63 Å². The molecule has 3 nitrogen and oxygen atoms in total. The summed E-state index contributed by atoms with van der Waals surface area (Å²) in [7, 11) is 0. The van der Waals surface area contributed by atoms with Gasteiger partial charge in [-0.1, -0.05) is 30.3 Å². The maximum Gasteiger partial charge on any atom is 0.344 e. The molecule has 3 rings (SSSR count). The van der Waals surface area contributed by atoms with Gasteiger partial charge in [-0.15, -0.1) is 0 Å². The van der Waals surface area contributed by atoms with Crippen molar-refractivity contribution in [1.29, 1.82) is 0 Å². The molecule has 0 atom stereocenters. The van der Waals surface area contributed by atoms with Crippen LogP contribution in [0.2, 0.25) is 0 Å². The summed E-state index contributed by atoms with van der Waals surface area (Å²) in [6.45, 7) is 1.90. The van der Waals surface area contributed by atoms with Crippen molar-refractivity contribution in [3.63, 3.8) is 0 Å². The van der Waals surface area contributed by atoms with E-state index in [4.69, 9.17) is 10.2 Å². The summed E-state index contributed by atoms with van der Waals surface area (Å²) in [6.07, 6.45) is 0. The monoisotopic (exact) mass is 251 g/mol. The fourth-order valence-corrected chi connectivity index (χ4v) is 2.19. The number of hydrogen-bond donors (Lipinski definition) is 1. The van der Waals surface area contributed by atoms with Crippen LogP contribution in [0.25, 0.3) is 22.1 Å². The number of hydrogen-bond acceptors (Lipinski definition) is 3. The molecule has 0 saturated carbocycles. The van der Waals surface area contributed by atoms with Crippen LogP contribution in [0.5, 0.6) is 0 Å². The highest BCUT2D eigenvalue weighted by atomic mass is 16.4. The van der Waals surface area contributed by atoms with Gasteiger partial charge in [0, 0.05) is 11.1 Å². The first-order valence-corrected chi connectivity index (χ1v) is 6.05. The second kappa shape index (κ2) is 4.28. The Morgan fingerprint density at radius 3 is 2.63 bits per heavy atom. The van der Waals surface area contributed by atoms with Crippen molar-refractivity contribution in [3.8, 4) is 11.1 Å². The smallest absolute Gasteiger partial charge is 0.344 e. The highest BCUT2D eigenvalue weighted by molar-refractivity contribution is 5.83. The number of para-hydroxylation sites is 1. The molecule has 3 heteroatoms. The van der Waals surface area contributed by atoms with Gasteiger partial charge in [0.2, 0.25) is 0 Å². The summed E-state index contributed by atoms with van der Waals surface area (Å²) >= 11 is 0. The normalized spacial score (nSPS) is 10.8. The van der Waals surface area contributed by atoms with E-state index in [-0.39, 0.29) is 5.63 Å². The Labute approximate surface area is 110 Å². The maximum absolute atomic E-state index is 12.1. The summed E-state index contributed by atoms with van der Waals surface area (Å²) in [5.41, 5.74) is 9.07. The highest BCUT2D eigenvalue weighted by Gasteiger charge is 2.10. The average molecular weight is 251 g/mol. The van der Waals surface area contributed by atoms with E-state index in [1.54, 1.807) is 6.07 Å². The van der Waals surface area contributed by atoms with Gasteiger partial charge in [0.15, 0.2) is 0 Å². The predicted molar refractivity (Wildman–Crippen MR) is 77.1 cm³/mol. The molecular weight excluding hydrogens is 238 g/mol. The van der Waals surface area contributed by atoms with E-state index in [2.05, 4.69) is 0 Å². The molecule has 1 heterocycles. The molecule has 2 N–H and O–H groups in total. The van der Waals surface area contributed by atoms with E-state index in [0.717, 1.165) is 16.5 Å². The second-order valence-corrected chi connectivity index (χ2v) is 4.51. The molecule has 0 spiro atoms. The second-order valence-electron chi connectivity index (χ2n) is 4.51. The molecule has 1 aromatic heterocycles. The van der Waals surface area contributed by atoms with Crippen LogP contribution in [0.15, 0.2) is 57.7 Å². The predicted octanol–water partition coefficient (Wildman–Crippen LogP) is 3.35. The molecule has 0 aliphatic carbocycles. The van der Waals surface area contributed by atoms with Gasteiger partial charge in [0.05, 0.1) is 5.56 Å². The lowest BCUT2D eigenvalue weighted by atomic mass is 10.00. The van der Waals surface area contributed by atoms with Gasteiger partial charge < -0.3 is 10.2 Å². The van der Waals surface area contributed by atoms with Gasteiger partial charge in [-0.05, 0) is 36.2 Å². The molecule has 0 radical (unpaired) electrons. The molecule has 0 saturated heterocycles. The molecule has 0 amide bonds. The van der Waals surface area contributed by atoms with Crippen molar-refractivity contribution in [2.24, 2.45) is 0 Å². The third-order valence-corrected chi connectivity index (χ3v) is 3.31. The van der Waals surface area contributed by atoms with Crippen molar-refractivity contribution >= 4 is 16.7 Å². The summed E-state index contributed by atoms with van der Waals surface area (Å²) in [5.74, 6) is 0. The Morgan fingerprint density at radius 2 is 1.79 bits per heavy atom. The first-order chi connectivity index (χ1) is 9.16. The number of anilines is 1. The van der Waals surface area contributed by atoms with Crippen LogP contribution in [0.3, 0.4) is 0 Å². The van der Waals surface area contributed by atoms with Crippen molar-refractivity contribution in [1.82, 2.24) is 0 Å². The lowest BCUT2D eigenvalue weighted by Crippen LogP contribution is -2.04. The number of fused-ring (bicyclic) bond motifs is 1. The minimum Gasteiger partial charge on any atom is -0.422 e. The maximum atomic E-state index is 12.1. The van der Waals surface area contributed by atoms with Gasteiger partial charge in [-0.25, -0.2) is 4.79 Å². The summed E-state index contributed by atoms with van der Waals surface area (Å²) in [6, 6.07) is 14.9. The van der Waals surface area contributed by atoms with Crippen LogP contribution in [-0.4, -0.2) is 0 Å². The first kappa shape index (κ1) is 11.5. The zero-order valence-corrected chi connectivity index (χ0v) is 10.5. The van der Waals surface area contributed by atoms with Gasteiger partial charge in [0.1, 0.15) is 5.58 Å². The molecule has 0 aliphatic rings. The molecule has 0 bridgehead atoms. The standard InChI is InChI=1S/C16H13NO2/c1-10-12(6-4-7-14(10)17)13-9-11-5-2-3-8-15(11)19-16(13)18/h2-9H,17H2,1H3. The lowest BCUT2D eigenvalue weighted by molar-refractivity contribution is 0.563. The zero-order valence-electron chi connectivity index (χ0n) is 10.5. The van der Waals surface area contributed by atoms with E-state index in [0.29, 0.717) is 16.8 Å². The van der Waals surface area contributed by atoms with Crippen LogP contribution in [0, 0.1) is 6.92 Å². The Bertz CT molecular complexity index is 818. The number of nitrogen functional groups attached to an aromatic ring is 1. The summed E-state index contributed by atoms with van der Waals surface area (Å²) in [5, 5.41) is 0.902. The van der Waals surface area contributed by atoms with E-state index in [1.807, 2.05) is 49.4 Å². The van der Waals surface area contributed by atoms with Gasteiger partial charge in [-0.3, -0.25) is 0 Å². The van der Waals surface area contributed by atoms with Crippen molar-refractivity contribution in [3.05, 3.63) is 64.5 Å². The van der Waals surface area contributed by atoms with Crippen molar-refractivity contribution < 1.29 is 4.42 Å². The Hall–Kier alpha value is -2.55. The Balaban J connectivity index is 2.34. The van der Waals surface area contributed by atoms with E-state index in [1.165, 1.54) is 0 Å². The van der Waals surface area contributed by atoms with Gasteiger partial charge in [0.25, 0.3) is 0 Å². The largest absolute Gasteiger partial charge is 0.422 e. The molecule has 2 aromatic carbocycles. The quantitative estimate of drug-likeness (QED) is 0.533. The van der Waals surface area contributed by atoms with Crippen molar-refractivity contribution in [2.45, 2.75) is 6.92 Å². The molecular formula is C16H13NO2. The van der Waals surface area contributed by atoms with Crippen LogP contribution < -0.4 is 11.4 Å². The third-order valence-electron chi connectivity index (χ3n) is 3.31. The minimum atomic E-state index is -0.340. The summed E-state index contributed by atoms with van der Waals surface area (Å²) in [4.78, 5) is 12.1. The fourth-order valence-electron chi connectivity index (χ4n) is 2.19. The molecule has 0 unspecified atom stereocenters. The SMILES string of the molecule is Cc1c(N)cccc1-c1cc2ccccc2oc1=O. The number of benzene rings is 2. The topological polar surface area (TPSA) is 56.2 Å². The van der Waals surface area contributed by atoms with E-state index >= 15 is 0 Å². The van der Waals surface area contributed by atoms with Crippen molar-refractivity contribution in [2.75, 3.05) is 5.73 Å². The molecule has 94 valence electrons. The Kier molecular flexibility index (Phi) is 2.60. The third kappa shape index (κ3) is 1.89. The van der Waals surface area contributed by atoms with E-state index < -0.39 is 0 Å². The number of rotatable bonds is 1. The average Bonchev–Trinajstić information content (AvgIpc) is 2.41. The minimum absolute atomic E-state index is 0.340. The lowest BCUT2D eigenvalue weighted by Gasteiger charge is -2.08. The highest BCUT2D eigenvalue weighted by Crippen LogP contribution is 2.26. The van der Waals surface area contributed by atoms with Crippen LogP contribution >= 0.6 is 0 Å². The molecule has 0 fully saturated rings. The fraction of sp³-hybridized carbons (Fsp3) is 0.0625. The summed E-state index contributed by atoms with van der Waals surface area (Å²) < 4.78 is 5.35. The van der Waals surface area contributed by atoms with Crippen LogP contribution in [-0.2, 0) is 0 Å². The first-order valence-electron chi connectivity index (χ1n) is 6.05. The van der Waals surface area contributed by atoms with Gasteiger partial charge in [-0.2, -0.15) is 0 Å².